The van der Waals surface area contributed by atoms with Gasteiger partial charge in [0.25, 0.3) is 0 Å². The molecular formula is C21H26ClN5. The van der Waals surface area contributed by atoms with Crippen LogP contribution in [-0.2, 0) is 25.2 Å². The molecule has 0 saturated heterocycles. The van der Waals surface area contributed by atoms with Gasteiger partial charge < -0.3 is 0 Å². The van der Waals surface area contributed by atoms with Crippen LogP contribution in [0, 0.1) is 0 Å². The molecule has 27 heavy (non-hydrogen) atoms. The molecule has 0 atom stereocenters. The molecule has 3 rings (SSSR count). The zero-order chi connectivity index (χ0) is 19.3. The van der Waals surface area contributed by atoms with Gasteiger partial charge in [-0.15, -0.1) is 5.10 Å². The Hall–Kier alpha value is -2.24. The minimum atomic E-state index is -0.114. The maximum absolute atomic E-state index is 6.04. The summed E-state index contributed by atoms with van der Waals surface area (Å²) in [5.74, 6) is 0.881. The monoisotopic (exact) mass is 383 g/mol. The zero-order valence-electron chi connectivity index (χ0n) is 16.1. The fourth-order valence-electron chi connectivity index (χ4n) is 2.98. The minimum Gasteiger partial charge on any atom is -0.287 e. The Morgan fingerprint density at radius 2 is 1.56 bits per heavy atom. The molecule has 0 saturated carbocycles. The summed E-state index contributed by atoms with van der Waals surface area (Å²) in [7, 11) is 0. The highest BCUT2D eigenvalue weighted by Crippen LogP contribution is 2.21. The maximum atomic E-state index is 6.04. The molecule has 0 unspecified atom stereocenters. The van der Waals surface area contributed by atoms with Gasteiger partial charge in [-0.3, -0.25) is 4.90 Å². The van der Waals surface area contributed by atoms with Crippen molar-refractivity contribution in [2.24, 2.45) is 0 Å². The number of aromatic nitrogens is 4. The zero-order valence-corrected chi connectivity index (χ0v) is 16.9. The highest BCUT2D eigenvalue weighted by Gasteiger charge is 2.24. The topological polar surface area (TPSA) is 46.8 Å². The molecule has 0 N–H and O–H groups in total. The van der Waals surface area contributed by atoms with Crippen LogP contribution < -0.4 is 0 Å². The van der Waals surface area contributed by atoms with E-state index >= 15 is 0 Å². The lowest BCUT2D eigenvalue weighted by molar-refractivity contribution is 0.217. The standard InChI is InChI=1S/C21H26ClN5/c1-4-21(2,3)27-20(23-24-25-27)16-26(14-17-8-6-5-7-9-17)15-18-10-12-19(22)13-11-18/h5-13H,4,14-16H2,1-3H3. The van der Waals surface area contributed by atoms with Crippen molar-refractivity contribution in [3.63, 3.8) is 0 Å². The summed E-state index contributed by atoms with van der Waals surface area (Å²) < 4.78 is 1.95. The molecule has 6 heteroatoms. The van der Waals surface area contributed by atoms with Gasteiger partial charge in [-0.1, -0.05) is 61.0 Å². The molecule has 5 nitrogen and oxygen atoms in total. The predicted octanol–water partition coefficient (Wildman–Crippen LogP) is 4.67. The van der Waals surface area contributed by atoms with Gasteiger partial charge in [-0.2, -0.15) is 0 Å². The highest BCUT2D eigenvalue weighted by atomic mass is 35.5. The number of rotatable bonds is 8. The normalized spacial score (nSPS) is 11.9. The first-order chi connectivity index (χ1) is 13.0. The first-order valence-corrected chi connectivity index (χ1v) is 9.64. The number of benzene rings is 2. The van der Waals surface area contributed by atoms with E-state index in [0.29, 0.717) is 6.54 Å². The molecule has 1 heterocycles. The Morgan fingerprint density at radius 1 is 0.926 bits per heavy atom. The molecule has 142 valence electrons. The van der Waals surface area contributed by atoms with E-state index in [2.05, 4.69) is 77.6 Å². The third-order valence-corrected chi connectivity index (χ3v) is 5.16. The number of tetrazole rings is 1. The molecule has 0 amide bonds. The summed E-state index contributed by atoms with van der Waals surface area (Å²) >= 11 is 6.04. The second kappa shape index (κ2) is 8.63. The minimum absolute atomic E-state index is 0.114. The molecule has 3 aromatic rings. The van der Waals surface area contributed by atoms with Crippen molar-refractivity contribution >= 4 is 11.6 Å². The first-order valence-electron chi connectivity index (χ1n) is 9.26. The Morgan fingerprint density at radius 3 is 2.19 bits per heavy atom. The van der Waals surface area contributed by atoms with Crippen molar-refractivity contribution in [2.45, 2.75) is 52.4 Å². The number of halogens is 1. The van der Waals surface area contributed by atoms with Crippen LogP contribution in [0.4, 0.5) is 0 Å². The van der Waals surface area contributed by atoms with E-state index in [0.717, 1.165) is 30.4 Å². The summed E-state index contributed by atoms with van der Waals surface area (Å²) in [6, 6.07) is 18.5. The second-order valence-corrected chi connectivity index (χ2v) is 7.87. The van der Waals surface area contributed by atoms with Gasteiger partial charge in [0.1, 0.15) is 0 Å². The van der Waals surface area contributed by atoms with Crippen LogP contribution in [0.5, 0.6) is 0 Å². The van der Waals surface area contributed by atoms with Crippen LogP contribution >= 0.6 is 11.6 Å². The fourth-order valence-corrected chi connectivity index (χ4v) is 3.11. The predicted molar refractivity (Wildman–Crippen MR) is 108 cm³/mol. The van der Waals surface area contributed by atoms with Crippen LogP contribution in [0.25, 0.3) is 0 Å². The Kier molecular flexibility index (Phi) is 6.24. The van der Waals surface area contributed by atoms with E-state index in [1.165, 1.54) is 11.1 Å². The average molecular weight is 384 g/mol. The van der Waals surface area contributed by atoms with Crippen molar-refractivity contribution in [3.05, 3.63) is 76.6 Å². The molecule has 2 aromatic carbocycles. The second-order valence-electron chi connectivity index (χ2n) is 7.43. The SMILES string of the molecule is CCC(C)(C)n1nnnc1CN(Cc1ccccc1)Cc1ccc(Cl)cc1. The first kappa shape index (κ1) is 19.5. The van der Waals surface area contributed by atoms with Gasteiger partial charge in [-0.25, -0.2) is 4.68 Å². The summed E-state index contributed by atoms with van der Waals surface area (Å²) in [5, 5.41) is 13.2. The molecule has 0 aliphatic rings. The number of hydrogen-bond acceptors (Lipinski definition) is 4. The van der Waals surface area contributed by atoms with E-state index in [-0.39, 0.29) is 5.54 Å². The molecule has 1 aromatic heterocycles. The van der Waals surface area contributed by atoms with Crippen molar-refractivity contribution in [3.8, 4) is 0 Å². The lowest BCUT2D eigenvalue weighted by atomic mass is 10.0. The van der Waals surface area contributed by atoms with Crippen LogP contribution in [0.3, 0.4) is 0 Å². The van der Waals surface area contributed by atoms with Crippen LogP contribution in [0.15, 0.2) is 54.6 Å². The number of nitrogens with zero attached hydrogens (tertiary/aromatic N) is 5. The third-order valence-electron chi connectivity index (χ3n) is 4.91. The van der Waals surface area contributed by atoms with E-state index < -0.39 is 0 Å². The van der Waals surface area contributed by atoms with Gasteiger partial charge in [-0.05, 0) is 54.0 Å². The lowest BCUT2D eigenvalue weighted by Crippen LogP contribution is -2.32. The summed E-state index contributed by atoms with van der Waals surface area (Å²) in [6.07, 6.45) is 0.959. The smallest absolute Gasteiger partial charge is 0.165 e. The van der Waals surface area contributed by atoms with Crippen molar-refractivity contribution in [1.29, 1.82) is 0 Å². The van der Waals surface area contributed by atoms with E-state index in [1.807, 2.05) is 22.9 Å². The van der Waals surface area contributed by atoms with Crippen LogP contribution in [0.2, 0.25) is 5.02 Å². The Balaban J connectivity index is 1.83. The van der Waals surface area contributed by atoms with E-state index in [9.17, 15) is 0 Å². The molecule has 0 radical (unpaired) electrons. The Labute approximate surface area is 166 Å². The molecule has 0 aliphatic heterocycles. The maximum Gasteiger partial charge on any atom is 0.165 e. The summed E-state index contributed by atoms with van der Waals surface area (Å²) in [6.45, 7) is 8.77. The third kappa shape index (κ3) is 5.15. The quantitative estimate of drug-likeness (QED) is 0.566. The largest absolute Gasteiger partial charge is 0.287 e. The van der Waals surface area contributed by atoms with Gasteiger partial charge in [0, 0.05) is 18.1 Å². The summed E-state index contributed by atoms with van der Waals surface area (Å²) in [4.78, 5) is 2.35. The molecular weight excluding hydrogens is 358 g/mol. The van der Waals surface area contributed by atoms with Gasteiger partial charge in [0.15, 0.2) is 5.82 Å². The van der Waals surface area contributed by atoms with E-state index in [4.69, 9.17) is 11.6 Å². The van der Waals surface area contributed by atoms with Gasteiger partial charge >= 0.3 is 0 Å². The van der Waals surface area contributed by atoms with Crippen LogP contribution in [0.1, 0.15) is 44.1 Å². The van der Waals surface area contributed by atoms with Crippen molar-refractivity contribution in [1.82, 2.24) is 25.1 Å². The van der Waals surface area contributed by atoms with Crippen LogP contribution in [-0.4, -0.2) is 25.1 Å². The molecule has 0 aliphatic carbocycles. The van der Waals surface area contributed by atoms with Gasteiger partial charge in [0.2, 0.25) is 0 Å². The van der Waals surface area contributed by atoms with E-state index in [1.54, 1.807) is 0 Å². The molecule has 0 spiro atoms. The highest BCUT2D eigenvalue weighted by molar-refractivity contribution is 6.30. The lowest BCUT2D eigenvalue weighted by Gasteiger charge is -2.27. The van der Waals surface area contributed by atoms with Crippen molar-refractivity contribution < 1.29 is 0 Å². The molecule has 0 fully saturated rings. The fraction of sp³-hybridized carbons (Fsp3) is 0.381. The average Bonchev–Trinajstić information content (AvgIpc) is 3.13. The van der Waals surface area contributed by atoms with Crippen molar-refractivity contribution in [2.75, 3.05) is 0 Å². The van der Waals surface area contributed by atoms with Gasteiger partial charge in [0.05, 0.1) is 12.1 Å². The number of hydrogen-bond donors (Lipinski definition) is 0. The summed E-state index contributed by atoms with van der Waals surface area (Å²) in [5.41, 5.74) is 2.36. The Bertz CT molecular complexity index is 843. The molecule has 0 bridgehead atoms.